The molecule has 8 rings (SSSR count). The van der Waals surface area contributed by atoms with Gasteiger partial charge < -0.3 is 14.4 Å². The molecule has 4 aromatic heterocycles. The normalized spacial score (nSPS) is 13.5. The van der Waals surface area contributed by atoms with Crippen LogP contribution in [0.4, 0.5) is 0 Å². The van der Waals surface area contributed by atoms with Crippen LogP contribution in [0.1, 0.15) is 77.0 Å². The van der Waals surface area contributed by atoms with Crippen LogP contribution in [0.3, 0.4) is 0 Å². The molecule has 0 saturated heterocycles. The predicted octanol–water partition coefficient (Wildman–Crippen LogP) is 12.8. The first-order valence-electron chi connectivity index (χ1n) is 20.1. The summed E-state index contributed by atoms with van der Waals surface area (Å²) in [6.45, 7) is 18.5. The summed E-state index contributed by atoms with van der Waals surface area (Å²) in [5, 5.41) is 3.57. The van der Waals surface area contributed by atoms with Crippen molar-refractivity contribution in [3.05, 3.63) is 132 Å². The van der Waals surface area contributed by atoms with Crippen LogP contribution in [0.15, 0.2) is 108 Å². The van der Waals surface area contributed by atoms with Gasteiger partial charge >= 0.3 is 0 Å². The molecule has 0 bridgehead atoms. The Kier molecular flexibility index (Phi) is 12.9. The SMILES string of the molecule is CC(C)Cc1cc(-c2[c-]ccc(C(C)(C)C)c2)ncc1[Si](C)(C)C.[Ir].[c-]1ccc2c(oc3nc(-c4ccccc4)ccc32)c1-c1cc(CC2CCCC2)ccn1. The molecule has 7 aromatic rings. The van der Waals surface area contributed by atoms with Gasteiger partial charge in [0.15, 0.2) is 0 Å². The van der Waals surface area contributed by atoms with Crippen molar-refractivity contribution in [2.75, 3.05) is 0 Å². The van der Waals surface area contributed by atoms with Crippen molar-refractivity contribution in [3.63, 3.8) is 0 Å². The Morgan fingerprint density at radius 2 is 1.55 bits per heavy atom. The van der Waals surface area contributed by atoms with Gasteiger partial charge in [-0.1, -0.05) is 144 Å². The summed E-state index contributed by atoms with van der Waals surface area (Å²) in [7, 11) is -1.38. The molecule has 291 valence electrons. The average Bonchev–Trinajstić information content (AvgIpc) is 3.82. The summed E-state index contributed by atoms with van der Waals surface area (Å²) in [6.07, 6.45) is 11.7. The molecule has 0 aliphatic heterocycles. The van der Waals surface area contributed by atoms with Gasteiger partial charge in [0.25, 0.3) is 0 Å². The van der Waals surface area contributed by atoms with Crippen LogP contribution < -0.4 is 5.19 Å². The topological polar surface area (TPSA) is 51.8 Å². The summed E-state index contributed by atoms with van der Waals surface area (Å²) in [5.41, 5.74) is 11.7. The summed E-state index contributed by atoms with van der Waals surface area (Å²) in [5.74, 6) is 1.46. The number of nitrogens with zero attached hydrogens (tertiary/aromatic N) is 3. The fourth-order valence-electron chi connectivity index (χ4n) is 7.88. The summed E-state index contributed by atoms with van der Waals surface area (Å²) >= 11 is 0. The van der Waals surface area contributed by atoms with E-state index in [-0.39, 0.29) is 25.5 Å². The van der Waals surface area contributed by atoms with Crippen molar-refractivity contribution >= 4 is 35.3 Å². The standard InChI is InChI=1S/C28H23N2O.C22H32NSi.Ir/c1-2-9-21(10-3-1)25-14-13-23-22-11-6-12-24(27(22)31-28(23)30-25)26-18-20(15-16-29-26)17-19-7-4-5-8-19;1-16(2)12-18-14-20(23-15-21(18)24(6,7)8)17-10-9-11-19(13-17)22(3,4)5;/h1-3,6,9-11,13-16,18-19H,4-5,7-8,17H2;9,11,13-16H,12H2,1-8H3;/q2*-1;. The van der Waals surface area contributed by atoms with Gasteiger partial charge in [-0.15, -0.1) is 53.6 Å². The molecule has 4 nitrogen and oxygen atoms in total. The number of fused-ring (bicyclic) bond motifs is 3. The molecule has 4 heterocycles. The van der Waals surface area contributed by atoms with E-state index in [0.717, 1.165) is 68.9 Å². The van der Waals surface area contributed by atoms with Crippen LogP contribution in [-0.2, 0) is 38.4 Å². The second-order valence-corrected chi connectivity index (χ2v) is 22.9. The number of furan rings is 1. The van der Waals surface area contributed by atoms with Crippen LogP contribution in [-0.4, -0.2) is 23.0 Å². The Morgan fingerprint density at radius 1 is 0.804 bits per heavy atom. The molecule has 56 heavy (non-hydrogen) atoms. The molecule has 0 unspecified atom stereocenters. The minimum atomic E-state index is -1.38. The second-order valence-electron chi connectivity index (χ2n) is 17.8. The van der Waals surface area contributed by atoms with Gasteiger partial charge in [-0.2, -0.15) is 0 Å². The maximum absolute atomic E-state index is 6.29. The number of aromatic nitrogens is 3. The van der Waals surface area contributed by atoms with Crippen LogP contribution in [0.25, 0.3) is 55.8 Å². The molecule has 1 aliphatic carbocycles. The van der Waals surface area contributed by atoms with Crippen LogP contribution >= 0.6 is 0 Å². The summed E-state index contributed by atoms with van der Waals surface area (Å²) < 4.78 is 6.29. The van der Waals surface area contributed by atoms with E-state index in [9.17, 15) is 0 Å². The third-order valence-corrected chi connectivity index (χ3v) is 12.9. The largest absolute Gasteiger partial charge is 0.486 e. The molecule has 6 heteroatoms. The molecule has 1 radical (unpaired) electrons. The number of rotatable bonds is 8. The molecule has 1 saturated carbocycles. The van der Waals surface area contributed by atoms with Crippen molar-refractivity contribution in [1.29, 1.82) is 0 Å². The zero-order valence-electron chi connectivity index (χ0n) is 34.3. The van der Waals surface area contributed by atoms with E-state index < -0.39 is 8.07 Å². The van der Waals surface area contributed by atoms with Crippen molar-refractivity contribution in [2.24, 2.45) is 11.8 Å². The summed E-state index contributed by atoms with van der Waals surface area (Å²) in [6, 6.07) is 38.2. The predicted molar refractivity (Wildman–Crippen MR) is 233 cm³/mol. The number of hydrogen-bond acceptors (Lipinski definition) is 4. The fourth-order valence-corrected chi connectivity index (χ4v) is 9.47. The quantitative estimate of drug-likeness (QED) is 0.113. The van der Waals surface area contributed by atoms with Gasteiger partial charge in [-0.3, -0.25) is 0 Å². The Labute approximate surface area is 349 Å². The molecule has 0 N–H and O–H groups in total. The minimum absolute atomic E-state index is 0. The molecule has 3 aromatic carbocycles. The van der Waals surface area contributed by atoms with Crippen LogP contribution in [0.2, 0.25) is 19.6 Å². The Bertz CT molecular complexity index is 2400. The van der Waals surface area contributed by atoms with E-state index in [4.69, 9.17) is 14.4 Å². The maximum Gasteiger partial charge on any atom is 0.216 e. The zero-order valence-corrected chi connectivity index (χ0v) is 37.7. The van der Waals surface area contributed by atoms with Crippen molar-refractivity contribution < 1.29 is 24.5 Å². The molecule has 0 spiro atoms. The smallest absolute Gasteiger partial charge is 0.216 e. The molecular weight excluding hydrogens is 879 g/mol. The van der Waals surface area contributed by atoms with Crippen molar-refractivity contribution in [1.82, 2.24) is 15.0 Å². The van der Waals surface area contributed by atoms with Crippen LogP contribution in [0.5, 0.6) is 0 Å². The van der Waals surface area contributed by atoms with Gasteiger partial charge in [-0.05, 0) is 64.9 Å². The molecule has 1 aliphatic rings. The minimum Gasteiger partial charge on any atom is -0.486 e. The average molecular weight is 934 g/mol. The second kappa shape index (κ2) is 17.5. The summed E-state index contributed by atoms with van der Waals surface area (Å²) in [4.78, 5) is 14.3. The third-order valence-electron chi connectivity index (χ3n) is 10.8. The monoisotopic (exact) mass is 934 g/mol. The zero-order chi connectivity index (χ0) is 38.7. The first-order chi connectivity index (χ1) is 26.3. The van der Waals surface area contributed by atoms with Gasteiger partial charge in [0.1, 0.15) is 0 Å². The van der Waals surface area contributed by atoms with E-state index in [1.54, 1.807) is 0 Å². The van der Waals surface area contributed by atoms with E-state index in [2.05, 4.69) is 138 Å². The maximum atomic E-state index is 6.29. The number of hydrogen-bond donors (Lipinski definition) is 0. The van der Waals surface area contributed by atoms with Gasteiger partial charge in [0.2, 0.25) is 5.71 Å². The number of benzene rings is 3. The van der Waals surface area contributed by atoms with Gasteiger partial charge in [0, 0.05) is 43.4 Å². The van der Waals surface area contributed by atoms with Crippen LogP contribution in [0, 0.1) is 24.0 Å². The number of pyridine rings is 3. The fraction of sp³-hybridized carbons (Fsp3) is 0.340. The van der Waals surface area contributed by atoms with Crippen molar-refractivity contribution in [2.45, 2.75) is 98.2 Å². The van der Waals surface area contributed by atoms with Gasteiger partial charge in [-0.25, -0.2) is 4.98 Å². The molecule has 1 fully saturated rings. The van der Waals surface area contributed by atoms with E-state index >= 15 is 0 Å². The Morgan fingerprint density at radius 3 is 2.27 bits per heavy atom. The van der Waals surface area contributed by atoms with E-state index in [1.807, 2.05) is 36.5 Å². The molecular formula is C50H55IrN3OSi-2. The Balaban J connectivity index is 0.000000194. The Hall–Kier alpha value is -4.22. The van der Waals surface area contributed by atoms with E-state index in [1.165, 1.54) is 47.6 Å². The molecule has 0 atom stereocenters. The first-order valence-corrected chi connectivity index (χ1v) is 23.6. The third kappa shape index (κ3) is 9.65. The van der Waals surface area contributed by atoms with Gasteiger partial charge in [0.05, 0.1) is 19.4 Å². The molecule has 0 amide bonds. The van der Waals surface area contributed by atoms with E-state index in [0.29, 0.717) is 11.6 Å². The van der Waals surface area contributed by atoms with Crippen molar-refractivity contribution in [3.8, 4) is 33.8 Å². The first kappa shape index (κ1) is 41.4.